The van der Waals surface area contributed by atoms with Gasteiger partial charge in [0, 0.05) is 31.9 Å². The third-order valence-electron chi connectivity index (χ3n) is 3.57. The van der Waals surface area contributed by atoms with Crippen LogP contribution in [0.15, 0.2) is 24.3 Å². The number of hydrogen-bond donors (Lipinski definition) is 1. The van der Waals surface area contributed by atoms with Crippen molar-refractivity contribution in [2.45, 2.75) is 27.3 Å². The van der Waals surface area contributed by atoms with Crippen molar-refractivity contribution >= 4 is 11.5 Å². The molecule has 4 heteroatoms. The quantitative estimate of drug-likeness (QED) is 0.908. The van der Waals surface area contributed by atoms with Crippen molar-refractivity contribution < 1.29 is 0 Å². The van der Waals surface area contributed by atoms with E-state index in [0.29, 0.717) is 0 Å². The topological polar surface area (TPSA) is 33.1 Å². The van der Waals surface area contributed by atoms with E-state index in [1.54, 1.807) is 0 Å². The fourth-order valence-corrected chi connectivity index (χ4v) is 2.53. The summed E-state index contributed by atoms with van der Waals surface area (Å²) in [6, 6.07) is 8.53. The van der Waals surface area contributed by atoms with Crippen LogP contribution in [0.1, 0.15) is 23.7 Å². The number of rotatable bonds is 5. The van der Waals surface area contributed by atoms with E-state index in [1.165, 1.54) is 16.8 Å². The predicted molar refractivity (Wildman–Crippen MR) is 84.6 cm³/mol. The van der Waals surface area contributed by atoms with E-state index in [0.717, 1.165) is 24.6 Å². The van der Waals surface area contributed by atoms with Crippen LogP contribution in [0.3, 0.4) is 0 Å². The Labute approximate surface area is 121 Å². The van der Waals surface area contributed by atoms with Gasteiger partial charge in [-0.3, -0.25) is 4.68 Å². The Hall–Kier alpha value is -1.81. The molecule has 1 aromatic heterocycles. The van der Waals surface area contributed by atoms with Gasteiger partial charge in [0.1, 0.15) is 5.82 Å². The predicted octanol–water partition coefficient (Wildman–Crippen LogP) is 2.91. The SMILES string of the molecule is CCNCc1c(C)nn(C)c1N(C)c1cccc(C)c1. The Morgan fingerprint density at radius 3 is 2.70 bits per heavy atom. The number of nitrogens with one attached hydrogen (secondary N) is 1. The van der Waals surface area contributed by atoms with E-state index in [4.69, 9.17) is 0 Å². The fraction of sp³-hybridized carbons (Fsp3) is 0.438. The van der Waals surface area contributed by atoms with E-state index in [-0.39, 0.29) is 0 Å². The molecule has 0 saturated carbocycles. The summed E-state index contributed by atoms with van der Waals surface area (Å²) < 4.78 is 1.96. The van der Waals surface area contributed by atoms with Gasteiger partial charge in [0.15, 0.2) is 0 Å². The number of aryl methyl sites for hydroxylation is 3. The van der Waals surface area contributed by atoms with Gasteiger partial charge in [0.25, 0.3) is 0 Å². The standard InChI is InChI=1S/C16H24N4/c1-6-17-11-15-13(3)18-20(5)16(15)19(4)14-9-7-8-12(2)10-14/h7-10,17H,6,11H2,1-5H3. The van der Waals surface area contributed by atoms with E-state index in [2.05, 4.69) is 67.4 Å². The third kappa shape index (κ3) is 2.85. The molecular weight excluding hydrogens is 248 g/mol. The summed E-state index contributed by atoms with van der Waals surface area (Å²) in [5.74, 6) is 1.15. The molecule has 2 aromatic rings. The molecule has 20 heavy (non-hydrogen) atoms. The molecule has 0 spiro atoms. The van der Waals surface area contributed by atoms with Crippen LogP contribution in [0.2, 0.25) is 0 Å². The smallest absolute Gasteiger partial charge is 0.135 e. The molecule has 2 rings (SSSR count). The first-order chi connectivity index (χ1) is 9.54. The molecule has 1 heterocycles. The average molecular weight is 272 g/mol. The Kier molecular flexibility index (Phi) is 4.45. The minimum Gasteiger partial charge on any atom is -0.329 e. The average Bonchev–Trinajstić information content (AvgIpc) is 2.69. The van der Waals surface area contributed by atoms with Crippen LogP contribution in [-0.2, 0) is 13.6 Å². The Morgan fingerprint density at radius 2 is 2.05 bits per heavy atom. The van der Waals surface area contributed by atoms with Crippen LogP contribution in [0.25, 0.3) is 0 Å². The fourth-order valence-electron chi connectivity index (χ4n) is 2.53. The lowest BCUT2D eigenvalue weighted by Gasteiger charge is -2.22. The maximum atomic E-state index is 4.57. The first-order valence-corrected chi connectivity index (χ1v) is 7.08. The second-order valence-electron chi connectivity index (χ2n) is 5.19. The zero-order valence-electron chi connectivity index (χ0n) is 13.1. The lowest BCUT2D eigenvalue weighted by Crippen LogP contribution is -2.18. The van der Waals surface area contributed by atoms with E-state index in [9.17, 15) is 0 Å². The zero-order valence-corrected chi connectivity index (χ0v) is 13.1. The maximum absolute atomic E-state index is 4.57. The van der Waals surface area contributed by atoms with Crippen molar-refractivity contribution in [3.8, 4) is 0 Å². The van der Waals surface area contributed by atoms with Gasteiger partial charge >= 0.3 is 0 Å². The number of nitrogens with zero attached hydrogens (tertiary/aromatic N) is 3. The van der Waals surface area contributed by atoms with Gasteiger partial charge in [-0.05, 0) is 38.1 Å². The molecule has 0 aliphatic carbocycles. The molecular formula is C16H24N4. The number of aromatic nitrogens is 2. The normalized spacial score (nSPS) is 10.8. The monoisotopic (exact) mass is 272 g/mol. The van der Waals surface area contributed by atoms with Crippen LogP contribution in [0.4, 0.5) is 11.5 Å². The second kappa shape index (κ2) is 6.09. The highest BCUT2D eigenvalue weighted by Crippen LogP contribution is 2.29. The van der Waals surface area contributed by atoms with Crippen molar-refractivity contribution in [1.29, 1.82) is 0 Å². The summed E-state index contributed by atoms with van der Waals surface area (Å²) in [4.78, 5) is 2.21. The van der Waals surface area contributed by atoms with Crippen LogP contribution < -0.4 is 10.2 Å². The van der Waals surface area contributed by atoms with Crippen LogP contribution in [0.5, 0.6) is 0 Å². The first-order valence-electron chi connectivity index (χ1n) is 7.08. The van der Waals surface area contributed by atoms with Crippen LogP contribution in [-0.4, -0.2) is 23.4 Å². The van der Waals surface area contributed by atoms with Gasteiger partial charge in [-0.2, -0.15) is 5.10 Å². The van der Waals surface area contributed by atoms with Crippen molar-refractivity contribution in [2.24, 2.45) is 7.05 Å². The number of benzene rings is 1. The van der Waals surface area contributed by atoms with Crippen molar-refractivity contribution in [3.63, 3.8) is 0 Å². The molecule has 0 atom stereocenters. The summed E-state index contributed by atoms with van der Waals surface area (Å²) in [7, 11) is 4.10. The van der Waals surface area contributed by atoms with Crippen LogP contribution >= 0.6 is 0 Å². The van der Waals surface area contributed by atoms with Gasteiger partial charge < -0.3 is 10.2 Å². The van der Waals surface area contributed by atoms with Crippen molar-refractivity contribution in [3.05, 3.63) is 41.1 Å². The maximum Gasteiger partial charge on any atom is 0.135 e. The number of hydrogen-bond acceptors (Lipinski definition) is 3. The second-order valence-corrected chi connectivity index (χ2v) is 5.19. The summed E-state index contributed by atoms with van der Waals surface area (Å²) in [5.41, 5.74) is 4.80. The highest BCUT2D eigenvalue weighted by molar-refractivity contribution is 5.64. The molecule has 0 aliphatic rings. The molecule has 0 radical (unpaired) electrons. The lowest BCUT2D eigenvalue weighted by atomic mass is 10.2. The molecule has 1 aromatic carbocycles. The molecule has 0 saturated heterocycles. The van der Waals surface area contributed by atoms with E-state index in [1.807, 2.05) is 11.7 Å². The zero-order chi connectivity index (χ0) is 14.7. The van der Waals surface area contributed by atoms with Gasteiger partial charge in [0.05, 0.1) is 5.69 Å². The largest absolute Gasteiger partial charge is 0.329 e. The minimum absolute atomic E-state index is 0.849. The molecule has 4 nitrogen and oxygen atoms in total. The molecule has 0 amide bonds. The Balaban J connectivity index is 2.40. The lowest BCUT2D eigenvalue weighted by molar-refractivity contribution is 0.721. The van der Waals surface area contributed by atoms with E-state index >= 15 is 0 Å². The van der Waals surface area contributed by atoms with Gasteiger partial charge in [-0.1, -0.05) is 19.1 Å². The summed E-state index contributed by atoms with van der Waals surface area (Å²) in [5, 5.41) is 7.96. The van der Waals surface area contributed by atoms with Gasteiger partial charge in [0.2, 0.25) is 0 Å². The third-order valence-corrected chi connectivity index (χ3v) is 3.57. The van der Waals surface area contributed by atoms with Gasteiger partial charge in [-0.25, -0.2) is 0 Å². The van der Waals surface area contributed by atoms with Gasteiger partial charge in [-0.15, -0.1) is 0 Å². The molecule has 1 N–H and O–H groups in total. The highest BCUT2D eigenvalue weighted by Gasteiger charge is 2.17. The van der Waals surface area contributed by atoms with Crippen molar-refractivity contribution in [1.82, 2.24) is 15.1 Å². The summed E-state index contributed by atoms with van der Waals surface area (Å²) >= 11 is 0. The van der Waals surface area contributed by atoms with E-state index < -0.39 is 0 Å². The summed E-state index contributed by atoms with van der Waals surface area (Å²) in [6.07, 6.45) is 0. The first kappa shape index (κ1) is 14.6. The molecule has 0 bridgehead atoms. The minimum atomic E-state index is 0.849. The Morgan fingerprint density at radius 1 is 1.30 bits per heavy atom. The molecule has 0 aliphatic heterocycles. The summed E-state index contributed by atoms with van der Waals surface area (Å²) in [6.45, 7) is 8.12. The molecule has 0 fully saturated rings. The Bertz CT molecular complexity index is 586. The highest BCUT2D eigenvalue weighted by atomic mass is 15.4. The molecule has 0 unspecified atom stereocenters. The number of anilines is 2. The van der Waals surface area contributed by atoms with Crippen molar-refractivity contribution in [2.75, 3.05) is 18.5 Å². The molecule has 108 valence electrons. The van der Waals surface area contributed by atoms with Crippen LogP contribution in [0, 0.1) is 13.8 Å².